The molecule has 0 bridgehead atoms. The average molecular weight is 298 g/mol. The highest BCUT2D eigenvalue weighted by Crippen LogP contribution is 2.01. The Balaban J connectivity index is 2.27. The zero-order valence-electron chi connectivity index (χ0n) is 11.3. The molecule has 0 radical (unpaired) electrons. The number of carboxylic acids is 2. The van der Waals surface area contributed by atoms with E-state index in [-0.39, 0.29) is 19.3 Å². The van der Waals surface area contributed by atoms with Gasteiger partial charge in [0, 0.05) is 31.3 Å². The van der Waals surface area contributed by atoms with Crippen molar-refractivity contribution in [1.29, 1.82) is 0 Å². The number of aromatic nitrogens is 2. The van der Waals surface area contributed by atoms with Gasteiger partial charge < -0.3 is 25.8 Å². The van der Waals surface area contributed by atoms with Crippen LogP contribution in [0.3, 0.4) is 0 Å². The molecule has 1 aromatic heterocycles. The summed E-state index contributed by atoms with van der Waals surface area (Å²) in [5.74, 6) is -2.19. The van der Waals surface area contributed by atoms with Crippen LogP contribution in [-0.4, -0.2) is 50.7 Å². The number of aliphatic carboxylic acids is 2. The second-order valence-corrected chi connectivity index (χ2v) is 4.40. The first-order valence-electron chi connectivity index (χ1n) is 6.45. The van der Waals surface area contributed by atoms with Crippen LogP contribution >= 0.6 is 0 Å². The molecule has 5 N–H and O–H groups in total. The molecule has 1 heterocycles. The summed E-state index contributed by atoms with van der Waals surface area (Å²) >= 11 is 0. The first kappa shape index (κ1) is 16.5. The standard InChI is InChI=1S/C12H18N4O5/c17-10(18)3-1-2-9(11(19)20)16-12(21)14-5-4-8-6-13-7-15-8/h6-7,9H,1-5H2,(H,13,15)(H,17,18)(H,19,20)(H2,14,16,21)/t9-/m1/s1. The molecule has 1 atom stereocenters. The van der Waals surface area contributed by atoms with Gasteiger partial charge in [-0.3, -0.25) is 4.79 Å². The number of carbonyl (C=O) groups is 3. The highest BCUT2D eigenvalue weighted by molar-refractivity contribution is 5.82. The molecule has 0 spiro atoms. The minimum Gasteiger partial charge on any atom is -0.481 e. The van der Waals surface area contributed by atoms with Crippen molar-refractivity contribution in [2.75, 3.05) is 6.54 Å². The zero-order chi connectivity index (χ0) is 15.7. The third-order valence-electron chi connectivity index (χ3n) is 2.72. The summed E-state index contributed by atoms with van der Waals surface area (Å²) in [6.45, 7) is 0.329. The molecule has 0 aliphatic carbocycles. The third-order valence-corrected chi connectivity index (χ3v) is 2.72. The summed E-state index contributed by atoms with van der Waals surface area (Å²) in [6, 6.07) is -1.70. The fraction of sp³-hybridized carbons (Fsp3) is 0.500. The molecule has 116 valence electrons. The van der Waals surface area contributed by atoms with E-state index in [1.165, 1.54) is 6.33 Å². The fourth-order valence-corrected chi connectivity index (χ4v) is 1.66. The Kier molecular flexibility index (Phi) is 6.72. The Morgan fingerprint density at radius 1 is 1.33 bits per heavy atom. The Morgan fingerprint density at radius 2 is 2.10 bits per heavy atom. The number of nitrogens with zero attached hydrogens (tertiary/aromatic N) is 1. The summed E-state index contributed by atoms with van der Waals surface area (Å²) in [5.41, 5.74) is 0.853. The summed E-state index contributed by atoms with van der Waals surface area (Å²) in [6.07, 6.45) is 3.82. The van der Waals surface area contributed by atoms with Gasteiger partial charge in [-0.2, -0.15) is 0 Å². The highest BCUT2D eigenvalue weighted by atomic mass is 16.4. The highest BCUT2D eigenvalue weighted by Gasteiger charge is 2.19. The predicted octanol–water partition coefficient (Wildman–Crippen LogP) is -0.0405. The number of carbonyl (C=O) groups excluding carboxylic acids is 1. The summed E-state index contributed by atoms with van der Waals surface area (Å²) in [4.78, 5) is 39.6. The molecule has 0 saturated carbocycles. The Hall–Kier alpha value is -2.58. The van der Waals surface area contributed by atoms with E-state index >= 15 is 0 Å². The van der Waals surface area contributed by atoms with Crippen LogP contribution in [-0.2, 0) is 16.0 Å². The van der Waals surface area contributed by atoms with Crippen LogP contribution in [0.15, 0.2) is 12.5 Å². The molecule has 0 saturated heterocycles. The minimum atomic E-state index is -1.19. The molecule has 0 aliphatic heterocycles. The molecule has 9 nitrogen and oxygen atoms in total. The van der Waals surface area contributed by atoms with E-state index in [1.54, 1.807) is 6.20 Å². The van der Waals surface area contributed by atoms with E-state index in [1.807, 2.05) is 0 Å². The van der Waals surface area contributed by atoms with E-state index in [0.717, 1.165) is 5.69 Å². The average Bonchev–Trinajstić information content (AvgIpc) is 2.90. The molecule has 21 heavy (non-hydrogen) atoms. The van der Waals surface area contributed by atoms with Crippen molar-refractivity contribution in [3.05, 3.63) is 18.2 Å². The molecule has 1 aromatic rings. The summed E-state index contributed by atoms with van der Waals surface area (Å²) in [7, 11) is 0. The molecule has 0 unspecified atom stereocenters. The normalized spacial score (nSPS) is 11.6. The fourth-order valence-electron chi connectivity index (χ4n) is 1.66. The summed E-state index contributed by atoms with van der Waals surface area (Å²) < 4.78 is 0. The van der Waals surface area contributed by atoms with Gasteiger partial charge in [-0.15, -0.1) is 0 Å². The molecular formula is C12H18N4O5. The number of hydrogen-bond donors (Lipinski definition) is 5. The van der Waals surface area contributed by atoms with Crippen molar-refractivity contribution in [3.8, 4) is 0 Å². The van der Waals surface area contributed by atoms with Gasteiger partial charge >= 0.3 is 18.0 Å². The van der Waals surface area contributed by atoms with Crippen molar-refractivity contribution < 1.29 is 24.6 Å². The molecule has 1 rings (SSSR count). The van der Waals surface area contributed by atoms with Crippen molar-refractivity contribution in [2.45, 2.75) is 31.7 Å². The van der Waals surface area contributed by atoms with Crippen LogP contribution in [0.2, 0.25) is 0 Å². The number of H-pyrrole nitrogens is 1. The maximum Gasteiger partial charge on any atom is 0.326 e. The largest absolute Gasteiger partial charge is 0.481 e. The SMILES string of the molecule is O=C(O)CCC[C@@H](NC(=O)NCCc1cnc[nH]1)C(=O)O. The number of urea groups is 1. The van der Waals surface area contributed by atoms with Gasteiger partial charge in [0.15, 0.2) is 0 Å². The third kappa shape index (κ3) is 6.95. The maximum atomic E-state index is 11.6. The van der Waals surface area contributed by atoms with Crippen molar-refractivity contribution in [2.24, 2.45) is 0 Å². The lowest BCUT2D eigenvalue weighted by atomic mass is 10.1. The van der Waals surface area contributed by atoms with Crippen molar-refractivity contribution in [1.82, 2.24) is 20.6 Å². The number of carboxylic acid groups (broad SMARTS) is 2. The molecule has 2 amide bonds. The molecule has 9 heteroatoms. The number of imidazole rings is 1. The first-order chi connectivity index (χ1) is 9.99. The molecule has 0 aliphatic rings. The van der Waals surface area contributed by atoms with Gasteiger partial charge in [-0.1, -0.05) is 0 Å². The van der Waals surface area contributed by atoms with Crippen LogP contribution in [0.5, 0.6) is 0 Å². The van der Waals surface area contributed by atoms with Gasteiger partial charge in [0.05, 0.1) is 6.33 Å². The minimum absolute atomic E-state index is 0.0651. The van der Waals surface area contributed by atoms with Crippen LogP contribution < -0.4 is 10.6 Å². The molecule has 0 aromatic carbocycles. The van der Waals surface area contributed by atoms with Crippen LogP contribution in [0.4, 0.5) is 4.79 Å². The van der Waals surface area contributed by atoms with Crippen molar-refractivity contribution >= 4 is 18.0 Å². The van der Waals surface area contributed by atoms with Crippen LogP contribution in [0, 0.1) is 0 Å². The van der Waals surface area contributed by atoms with E-state index in [0.29, 0.717) is 13.0 Å². The lowest BCUT2D eigenvalue weighted by molar-refractivity contribution is -0.140. The van der Waals surface area contributed by atoms with Crippen LogP contribution in [0.25, 0.3) is 0 Å². The van der Waals surface area contributed by atoms with Crippen molar-refractivity contribution in [3.63, 3.8) is 0 Å². The van der Waals surface area contributed by atoms with Gasteiger partial charge in [0.2, 0.25) is 0 Å². The molecular weight excluding hydrogens is 280 g/mol. The topological polar surface area (TPSA) is 144 Å². The number of nitrogens with one attached hydrogen (secondary N) is 3. The lowest BCUT2D eigenvalue weighted by Gasteiger charge is -2.14. The number of rotatable bonds is 9. The lowest BCUT2D eigenvalue weighted by Crippen LogP contribution is -2.46. The van der Waals surface area contributed by atoms with E-state index in [4.69, 9.17) is 10.2 Å². The number of hydrogen-bond acceptors (Lipinski definition) is 4. The summed E-state index contributed by atoms with van der Waals surface area (Å²) in [5, 5.41) is 22.3. The molecule has 0 fully saturated rings. The zero-order valence-corrected chi connectivity index (χ0v) is 11.3. The van der Waals surface area contributed by atoms with Gasteiger partial charge in [-0.25, -0.2) is 14.6 Å². The van der Waals surface area contributed by atoms with E-state index in [2.05, 4.69) is 20.6 Å². The monoisotopic (exact) mass is 298 g/mol. The number of amides is 2. The van der Waals surface area contributed by atoms with Crippen LogP contribution in [0.1, 0.15) is 25.0 Å². The Labute approximate surface area is 120 Å². The second kappa shape index (κ2) is 8.56. The smallest absolute Gasteiger partial charge is 0.326 e. The quantitative estimate of drug-likeness (QED) is 0.432. The van der Waals surface area contributed by atoms with Gasteiger partial charge in [0.25, 0.3) is 0 Å². The van der Waals surface area contributed by atoms with Gasteiger partial charge in [0.1, 0.15) is 6.04 Å². The Bertz CT molecular complexity index is 474. The number of aromatic amines is 1. The Morgan fingerprint density at radius 3 is 2.67 bits per heavy atom. The van der Waals surface area contributed by atoms with E-state index < -0.39 is 24.0 Å². The predicted molar refractivity (Wildman–Crippen MR) is 71.7 cm³/mol. The first-order valence-corrected chi connectivity index (χ1v) is 6.45. The second-order valence-electron chi connectivity index (χ2n) is 4.40. The maximum absolute atomic E-state index is 11.6. The van der Waals surface area contributed by atoms with Gasteiger partial charge in [-0.05, 0) is 12.8 Å². The van der Waals surface area contributed by atoms with E-state index in [9.17, 15) is 14.4 Å².